The molecule has 108 valence electrons. The van der Waals surface area contributed by atoms with Crippen LogP contribution < -0.4 is 5.32 Å². The van der Waals surface area contributed by atoms with Gasteiger partial charge in [-0.3, -0.25) is 10.1 Å². The van der Waals surface area contributed by atoms with Crippen molar-refractivity contribution in [1.29, 1.82) is 0 Å². The lowest BCUT2D eigenvalue weighted by Crippen LogP contribution is -2.46. The van der Waals surface area contributed by atoms with Crippen LogP contribution in [0.2, 0.25) is 0 Å². The number of likely N-dealkylation sites (tertiary alicyclic amines) is 1. The molecule has 4 nitrogen and oxygen atoms in total. The summed E-state index contributed by atoms with van der Waals surface area (Å²) < 4.78 is 14.0. The zero-order chi connectivity index (χ0) is 14.1. The Morgan fingerprint density at radius 2 is 1.95 bits per heavy atom. The summed E-state index contributed by atoms with van der Waals surface area (Å²) in [7, 11) is 2.09. The number of piperidine rings is 1. The van der Waals surface area contributed by atoms with Gasteiger partial charge in [0.15, 0.2) is 0 Å². The van der Waals surface area contributed by atoms with Crippen LogP contribution in [0.1, 0.15) is 24.6 Å². The van der Waals surface area contributed by atoms with E-state index in [1.54, 1.807) is 12.1 Å². The van der Waals surface area contributed by atoms with Gasteiger partial charge in [-0.05, 0) is 39.0 Å². The lowest BCUT2D eigenvalue weighted by molar-refractivity contribution is -0.131. The Labute approximate surface area is 118 Å². The SMILES string of the molecule is CN1CCC(N2C(=O)CNC2c2ccccc2F)CC1. The van der Waals surface area contributed by atoms with Crippen LogP contribution in [0.15, 0.2) is 24.3 Å². The van der Waals surface area contributed by atoms with Gasteiger partial charge in [0.05, 0.1) is 6.54 Å². The Hall–Kier alpha value is -1.46. The van der Waals surface area contributed by atoms with Gasteiger partial charge in [-0.15, -0.1) is 0 Å². The molecule has 1 aromatic carbocycles. The van der Waals surface area contributed by atoms with Gasteiger partial charge >= 0.3 is 0 Å². The maximum absolute atomic E-state index is 14.0. The average molecular weight is 277 g/mol. The predicted octanol–water partition coefficient (Wildman–Crippen LogP) is 1.35. The van der Waals surface area contributed by atoms with Crippen molar-refractivity contribution in [2.75, 3.05) is 26.7 Å². The minimum absolute atomic E-state index is 0.0767. The summed E-state index contributed by atoms with van der Waals surface area (Å²) in [5, 5.41) is 3.14. The molecule has 2 saturated heterocycles. The van der Waals surface area contributed by atoms with E-state index in [2.05, 4.69) is 17.3 Å². The van der Waals surface area contributed by atoms with Gasteiger partial charge in [0.1, 0.15) is 12.0 Å². The van der Waals surface area contributed by atoms with Gasteiger partial charge in [-0.25, -0.2) is 4.39 Å². The van der Waals surface area contributed by atoms with Crippen LogP contribution in [0.25, 0.3) is 0 Å². The Morgan fingerprint density at radius 3 is 2.65 bits per heavy atom. The van der Waals surface area contributed by atoms with Crippen molar-refractivity contribution >= 4 is 5.91 Å². The number of carbonyl (C=O) groups is 1. The largest absolute Gasteiger partial charge is 0.319 e. The van der Waals surface area contributed by atoms with Crippen LogP contribution in [0.5, 0.6) is 0 Å². The molecule has 2 aliphatic heterocycles. The third-order valence-electron chi connectivity index (χ3n) is 4.29. The number of carbonyl (C=O) groups excluding carboxylic acids is 1. The first kappa shape index (κ1) is 13.5. The van der Waals surface area contributed by atoms with Crippen molar-refractivity contribution in [1.82, 2.24) is 15.1 Å². The number of halogens is 1. The molecule has 0 radical (unpaired) electrons. The smallest absolute Gasteiger partial charge is 0.238 e. The van der Waals surface area contributed by atoms with E-state index < -0.39 is 0 Å². The first-order chi connectivity index (χ1) is 9.66. The molecule has 1 atom stereocenters. The van der Waals surface area contributed by atoms with Crippen molar-refractivity contribution < 1.29 is 9.18 Å². The van der Waals surface area contributed by atoms with E-state index in [-0.39, 0.29) is 23.9 Å². The average Bonchev–Trinajstić information content (AvgIpc) is 2.82. The van der Waals surface area contributed by atoms with Gasteiger partial charge < -0.3 is 9.80 Å². The van der Waals surface area contributed by atoms with Crippen LogP contribution >= 0.6 is 0 Å². The second-order valence-electron chi connectivity index (χ2n) is 5.64. The van der Waals surface area contributed by atoms with Gasteiger partial charge in [-0.2, -0.15) is 0 Å². The van der Waals surface area contributed by atoms with E-state index in [0.29, 0.717) is 12.1 Å². The molecule has 1 amide bonds. The standard InChI is InChI=1S/C15H20FN3O/c1-18-8-6-11(7-9-18)19-14(20)10-17-15(19)12-4-2-3-5-13(12)16/h2-5,11,15,17H,6-10H2,1H3. The first-order valence-electron chi connectivity index (χ1n) is 7.14. The summed E-state index contributed by atoms with van der Waals surface area (Å²) >= 11 is 0. The highest BCUT2D eigenvalue weighted by Gasteiger charge is 2.38. The number of benzene rings is 1. The Bertz CT molecular complexity index is 500. The van der Waals surface area contributed by atoms with E-state index in [1.165, 1.54) is 6.07 Å². The molecular weight excluding hydrogens is 257 g/mol. The van der Waals surface area contributed by atoms with Crippen LogP contribution in [0, 0.1) is 5.82 Å². The van der Waals surface area contributed by atoms with E-state index >= 15 is 0 Å². The Balaban J connectivity index is 1.84. The molecule has 2 fully saturated rings. The Kier molecular flexibility index (Phi) is 3.72. The highest BCUT2D eigenvalue weighted by Crippen LogP contribution is 2.30. The summed E-state index contributed by atoms with van der Waals surface area (Å²) in [6, 6.07) is 6.91. The second-order valence-corrected chi connectivity index (χ2v) is 5.64. The molecular formula is C15H20FN3O. The van der Waals surface area contributed by atoms with E-state index in [0.717, 1.165) is 25.9 Å². The van der Waals surface area contributed by atoms with Gasteiger partial charge in [-0.1, -0.05) is 18.2 Å². The fourth-order valence-corrected chi connectivity index (χ4v) is 3.16. The second kappa shape index (κ2) is 5.50. The maximum atomic E-state index is 14.0. The summed E-state index contributed by atoms with van der Waals surface area (Å²) in [4.78, 5) is 16.3. The van der Waals surface area contributed by atoms with E-state index in [9.17, 15) is 9.18 Å². The third-order valence-corrected chi connectivity index (χ3v) is 4.29. The molecule has 2 aliphatic rings. The summed E-state index contributed by atoms with van der Waals surface area (Å²) in [5.41, 5.74) is 0.567. The zero-order valence-corrected chi connectivity index (χ0v) is 11.7. The van der Waals surface area contributed by atoms with Crippen molar-refractivity contribution in [2.45, 2.75) is 25.0 Å². The predicted molar refractivity (Wildman–Crippen MR) is 74.5 cm³/mol. The third kappa shape index (κ3) is 2.43. The number of amides is 1. The van der Waals surface area contributed by atoms with Crippen LogP contribution in [-0.2, 0) is 4.79 Å². The maximum Gasteiger partial charge on any atom is 0.238 e. The molecule has 1 unspecified atom stereocenters. The number of hydrogen-bond acceptors (Lipinski definition) is 3. The molecule has 20 heavy (non-hydrogen) atoms. The fourth-order valence-electron chi connectivity index (χ4n) is 3.16. The molecule has 2 heterocycles. The molecule has 0 aromatic heterocycles. The molecule has 0 aliphatic carbocycles. The molecule has 3 rings (SSSR count). The van der Waals surface area contributed by atoms with Gasteiger partial charge in [0.2, 0.25) is 5.91 Å². The highest BCUT2D eigenvalue weighted by molar-refractivity contribution is 5.81. The lowest BCUT2D eigenvalue weighted by atomic mass is 10.0. The molecule has 5 heteroatoms. The summed E-state index contributed by atoms with van der Waals surface area (Å²) in [5.74, 6) is -0.176. The number of rotatable bonds is 2. The zero-order valence-electron chi connectivity index (χ0n) is 11.7. The van der Waals surface area contributed by atoms with Crippen molar-refractivity contribution in [2.24, 2.45) is 0 Å². The monoisotopic (exact) mass is 277 g/mol. The van der Waals surface area contributed by atoms with Crippen molar-refractivity contribution in [3.05, 3.63) is 35.6 Å². The summed E-state index contributed by atoms with van der Waals surface area (Å²) in [6.45, 7) is 2.27. The van der Waals surface area contributed by atoms with Crippen molar-refractivity contribution in [3.63, 3.8) is 0 Å². The van der Waals surface area contributed by atoms with Crippen LogP contribution in [0.4, 0.5) is 4.39 Å². The highest BCUT2D eigenvalue weighted by atomic mass is 19.1. The minimum Gasteiger partial charge on any atom is -0.319 e. The van der Waals surface area contributed by atoms with Crippen molar-refractivity contribution in [3.8, 4) is 0 Å². The molecule has 1 N–H and O–H groups in total. The summed E-state index contributed by atoms with van der Waals surface area (Å²) in [6.07, 6.45) is 1.58. The first-order valence-corrected chi connectivity index (χ1v) is 7.14. The van der Waals surface area contributed by atoms with E-state index in [4.69, 9.17) is 0 Å². The van der Waals surface area contributed by atoms with Crippen LogP contribution in [0.3, 0.4) is 0 Å². The fraction of sp³-hybridized carbons (Fsp3) is 0.533. The minimum atomic E-state index is -0.322. The molecule has 0 bridgehead atoms. The normalized spacial score (nSPS) is 25.4. The van der Waals surface area contributed by atoms with Gasteiger partial charge in [0, 0.05) is 11.6 Å². The molecule has 0 spiro atoms. The topological polar surface area (TPSA) is 35.6 Å². The van der Waals surface area contributed by atoms with Gasteiger partial charge in [0.25, 0.3) is 0 Å². The Morgan fingerprint density at radius 1 is 1.25 bits per heavy atom. The number of nitrogens with zero attached hydrogens (tertiary/aromatic N) is 2. The number of hydrogen-bond donors (Lipinski definition) is 1. The quantitative estimate of drug-likeness (QED) is 0.886. The molecule has 0 saturated carbocycles. The van der Waals surface area contributed by atoms with E-state index in [1.807, 2.05) is 11.0 Å². The lowest BCUT2D eigenvalue weighted by Gasteiger charge is -2.38. The van der Waals surface area contributed by atoms with Crippen LogP contribution in [-0.4, -0.2) is 48.4 Å². The number of nitrogens with one attached hydrogen (secondary N) is 1. The molecule has 1 aromatic rings.